The highest BCUT2D eigenvalue weighted by Gasteiger charge is 2.19. The molecule has 0 amide bonds. The first kappa shape index (κ1) is 10.3. The molecule has 3 nitrogen and oxygen atoms in total. The van der Waals surface area contributed by atoms with Gasteiger partial charge in [0.05, 0.1) is 11.7 Å². The molecule has 3 heterocycles. The van der Waals surface area contributed by atoms with Crippen molar-refractivity contribution in [3.8, 4) is 0 Å². The Morgan fingerprint density at radius 3 is 3.00 bits per heavy atom. The predicted molar refractivity (Wildman–Crippen MR) is 67.7 cm³/mol. The molecule has 0 aliphatic carbocycles. The van der Waals surface area contributed by atoms with Crippen molar-refractivity contribution in [3.05, 3.63) is 34.8 Å². The average Bonchev–Trinajstić information content (AvgIpc) is 2.75. The van der Waals surface area contributed by atoms with Crippen molar-refractivity contribution in [3.63, 3.8) is 0 Å². The maximum absolute atomic E-state index is 4.58. The summed E-state index contributed by atoms with van der Waals surface area (Å²) < 4.78 is 3.32. The third kappa shape index (κ3) is 1.66. The highest BCUT2D eigenvalue weighted by atomic mass is 79.9. The summed E-state index contributed by atoms with van der Waals surface area (Å²) in [5.74, 6) is 1.80. The lowest BCUT2D eigenvalue weighted by Gasteiger charge is -2.21. The van der Waals surface area contributed by atoms with E-state index >= 15 is 0 Å². The van der Waals surface area contributed by atoms with Crippen LogP contribution in [0.1, 0.15) is 24.6 Å². The van der Waals surface area contributed by atoms with Crippen LogP contribution in [0, 0.1) is 0 Å². The minimum atomic E-state index is 0.595. The monoisotopic (exact) mass is 279 g/mol. The van der Waals surface area contributed by atoms with Crippen LogP contribution in [0.25, 0.3) is 5.52 Å². The van der Waals surface area contributed by atoms with Gasteiger partial charge in [-0.05, 0) is 54.0 Å². The summed E-state index contributed by atoms with van der Waals surface area (Å²) in [6, 6.07) is 4.12. The van der Waals surface area contributed by atoms with Crippen molar-refractivity contribution in [1.29, 1.82) is 0 Å². The van der Waals surface area contributed by atoms with Gasteiger partial charge in [-0.2, -0.15) is 0 Å². The lowest BCUT2D eigenvalue weighted by molar-refractivity contribution is 0.444. The third-order valence-electron chi connectivity index (χ3n) is 3.25. The summed E-state index contributed by atoms with van der Waals surface area (Å²) in [4.78, 5) is 4.58. The Morgan fingerprint density at radius 1 is 1.38 bits per heavy atom. The SMILES string of the molecule is Brc1cccn2c(C3CCNCC3)ncc12. The van der Waals surface area contributed by atoms with Crippen LogP contribution in [-0.2, 0) is 0 Å². The molecule has 0 unspecified atom stereocenters. The second kappa shape index (κ2) is 4.18. The van der Waals surface area contributed by atoms with Crippen molar-refractivity contribution >= 4 is 21.4 Å². The van der Waals surface area contributed by atoms with Crippen LogP contribution < -0.4 is 5.32 Å². The van der Waals surface area contributed by atoms with E-state index < -0.39 is 0 Å². The van der Waals surface area contributed by atoms with Gasteiger partial charge in [-0.1, -0.05) is 0 Å². The maximum Gasteiger partial charge on any atom is 0.116 e. The number of hydrogen-bond donors (Lipinski definition) is 1. The van der Waals surface area contributed by atoms with Crippen molar-refractivity contribution < 1.29 is 0 Å². The lowest BCUT2D eigenvalue weighted by Crippen LogP contribution is -2.27. The van der Waals surface area contributed by atoms with Gasteiger partial charge in [0, 0.05) is 16.6 Å². The van der Waals surface area contributed by atoms with E-state index in [2.05, 4.69) is 49.0 Å². The molecule has 1 N–H and O–H groups in total. The van der Waals surface area contributed by atoms with Gasteiger partial charge in [0.2, 0.25) is 0 Å². The molecular formula is C12H14BrN3. The number of nitrogens with zero attached hydrogens (tertiary/aromatic N) is 2. The van der Waals surface area contributed by atoms with Crippen molar-refractivity contribution in [2.45, 2.75) is 18.8 Å². The van der Waals surface area contributed by atoms with Crippen LogP contribution in [0.15, 0.2) is 29.0 Å². The Hall–Kier alpha value is -0.870. The Balaban J connectivity index is 2.06. The van der Waals surface area contributed by atoms with Gasteiger partial charge in [-0.3, -0.25) is 0 Å². The molecule has 2 aromatic rings. The van der Waals surface area contributed by atoms with Crippen LogP contribution in [0.4, 0.5) is 0 Å². The summed E-state index contributed by atoms with van der Waals surface area (Å²) in [5, 5.41) is 3.39. The minimum Gasteiger partial charge on any atom is -0.317 e. The van der Waals surface area contributed by atoms with Crippen LogP contribution >= 0.6 is 15.9 Å². The van der Waals surface area contributed by atoms with E-state index in [9.17, 15) is 0 Å². The van der Waals surface area contributed by atoms with Gasteiger partial charge in [0.1, 0.15) is 5.82 Å². The van der Waals surface area contributed by atoms with Crippen molar-refractivity contribution in [2.75, 3.05) is 13.1 Å². The van der Waals surface area contributed by atoms with Crippen LogP contribution in [0.3, 0.4) is 0 Å². The van der Waals surface area contributed by atoms with Gasteiger partial charge >= 0.3 is 0 Å². The first-order valence-electron chi connectivity index (χ1n) is 5.68. The molecule has 0 saturated carbocycles. The number of nitrogens with one attached hydrogen (secondary N) is 1. The number of fused-ring (bicyclic) bond motifs is 1. The Kier molecular flexibility index (Phi) is 2.69. The molecule has 1 aliphatic heterocycles. The summed E-state index contributed by atoms with van der Waals surface area (Å²) >= 11 is 3.56. The Bertz CT molecular complexity index is 500. The summed E-state index contributed by atoms with van der Waals surface area (Å²) in [6.45, 7) is 2.21. The number of piperidine rings is 1. The number of rotatable bonds is 1. The molecule has 0 spiro atoms. The molecule has 0 atom stereocenters. The van der Waals surface area contributed by atoms with Gasteiger partial charge < -0.3 is 9.72 Å². The zero-order chi connectivity index (χ0) is 11.0. The van der Waals surface area contributed by atoms with Crippen molar-refractivity contribution in [2.24, 2.45) is 0 Å². The number of imidazole rings is 1. The van der Waals surface area contributed by atoms with E-state index in [1.165, 1.54) is 18.7 Å². The lowest BCUT2D eigenvalue weighted by atomic mass is 9.97. The fourth-order valence-corrected chi connectivity index (χ4v) is 2.84. The minimum absolute atomic E-state index is 0.595. The summed E-state index contributed by atoms with van der Waals surface area (Å²) in [5.41, 5.74) is 1.16. The molecule has 4 heteroatoms. The molecular weight excluding hydrogens is 266 g/mol. The number of hydrogen-bond acceptors (Lipinski definition) is 2. The smallest absolute Gasteiger partial charge is 0.116 e. The molecule has 16 heavy (non-hydrogen) atoms. The Labute approximate surface area is 103 Å². The number of pyridine rings is 1. The fraction of sp³-hybridized carbons (Fsp3) is 0.417. The van der Waals surface area contributed by atoms with Crippen LogP contribution in [0.5, 0.6) is 0 Å². The van der Waals surface area contributed by atoms with E-state index in [-0.39, 0.29) is 0 Å². The quantitative estimate of drug-likeness (QED) is 0.870. The highest BCUT2D eigenvalue weighted by molar-refractivity contribution is 9.10. The second-order valence-corrected chi connectivity index (χ2v) is 5.11. The topological polar surface area (TPSA) is 29.3 Å². The van der Waals surface area contributed by atoms with Gasteiger partial charge in [-0.25, -0.2) is 4.98 Å². The normalized spacial score (nSPS) is 18.1. The second-order valence-electron chi connectivity index (χ2n) is 4.25. The van der Waals surface area contributed by atoms with Gasteiger partial charge in [0.25, 0.3) is 0 Å². The van der Waals surface area contributed by atoms with E-state index in [1.807, 2.05) is 6.20 Å². The first-order chi connectivity index (χ1) is 7.86. The third-order valence-corrected chi connectivity index (χ3v) is 3.92. The predicted octanol–water partition coefficient (Wildman–Crippen LogP) is 2.56. The highest BCUT2D eigenvalue weighted by Crippen LogP contribution is 2.27. The summed E-state index contributed by atoms with van der Waals surface area (Å²) in [7, 11) is 0. The van der Waals surface area contributed by atoms with E-state index in [0.29, 0.717) is 5.92 Å². The molecule has 0 bridgehead atoms. The molecule has 0 aromatic carbocycles. The summed E-state index contributed by atoms with van der Waals surface area (Å²) in [6.07, 6.45) is 6.43. The fourth-order valence-electron chi connectivity index (χ4n) is 2.39. The molecule has 1 aliphatic rings. The average molecular weight is 280 g/mol. The van der Waals surface area contributed by atoms with E-state index in [0.717, 1.165) is 23.1 Å². The van der Waals surface area contributed by atoms with Gasteiger partial charge in [-0.15, -0.1) is 0 Å². The maximum atomic E-state index is 4.58. The first-order valence-corrected chi connectivity index (χ1v) is 6.48. The zero-order valence-electron chi connectivity index (χ0n) is 8.99. The van der Waals surface area contributed by atoms with Crippen LogP contribution in [0.2, 0.25) is 0 Å². The molecule has 0 radical (unpaired) electrons. The largest absolute Gasteiger partial charge is 0.317 e. The molecule has 1 fully saturated rings. The number of aromatic nitrogens is 2. The zero-order valence-corrected chi connectivity index (χ0v) is 10.6. The molecule has 84 valence electrons. The van der Waals surface area contributed by atoms with E-state index in [4.69, 9.17) is 0 Å². The van der Waals surface area contributed by atoms with Gasteiger partial charge in [0.15, 0.2) is 0 Å². The number of halogens is 1. The molecule has 3 rings (SSSR count). The van der Waals surface area contributed by atoms with Crippen molar-refractivity contribution in [1.82, 2.24) is 14.7 Å². The Morgan fingerprint density at radius 2 is 2.19 bits per heavy atom. The van der Waals surface area contributed by atoms with E-state index in [1.54, 1.807) is 0 Å². The molecule has 2 aromatic heterocycles. The molecule has 1 saturated heterocycles. The van der Waals surface area contributed by atoms with Crippen LogP contribution in [-0.4, -0.2) is 22.5 Å². The standard InChI is InChI=1S/C12H14BrN3/c13-10-2-1-7-16-11(10)8-15-12(16)9-3-5-14-6-4-9/h1-2,7-9,14H,3-6H2.